The summed E-state index contributed by atoms with van der Waals surface area (Å²) < 4.78 is 20.9. The molecule has 0 aliphatic rings. The van der Waals surface area contributed by atoms with Crippen molar-refractivity contribution in [3.63, 3.8) is 0 Å². The zero-order chi connectivity index (χ0) is 22.6. The van der Waals surface area contributed by atoms with Crippen LogP contribution in [-0.4, -0.2) is 23.0 Å². The molecule has 1 aromatic carbocycles. The number of hydrogen-bond acceptors (Lipinski definition) is 5. The molecule has 3 rings (SSSR count). The second kappa shape index (κ2) is 13.3. The summed E-state index contributed by atoms with van der Waals surface area (Å²) in [5.41, 5.74) is 5.27. The van der Waals surface area contributed by atoms with Crippen molar-refractivity contribution < 1.29 is 18.4 Å². The Kier molecular flexibility index (Phi) is 10.2. The molecule has 172 valence electrons. The van der Waals surface area contributed by atoms with E-state index in [0.29, 0.717) is 19.5 Å². The van der Waals surface area contributed by atoms with Gasteiger partial charge < -0.3 is 19.2 Å². The molecule has 0 bridgehead atoms. The van der Waals surface area contributed by atoms with E-state index >= 15 is 0 Å². The lowest BCUT2D eigenvalue weighted by Gasteiger charge is -2.11. The Balaban J connectivity index is 1.67. The summed E-state index contributed by atoms with van der Waals surface area (Å²) in [5, 5.41) is 3.30. The largest absolute Gasteiger partial charge is 0.463 e. The third-order valence-electron chi connectivity index (χ3n) is 5.32. The molecule has 6 nitrogen and oxygen atoms in total. The fourth-order valence-corrected chi connectivity index (χ4v) is 3.93. The first kappa shape index (κ1) is 24.4. The minimum atomic E-state index is -2.85. The number of nitrogens with zero attached hydrogens (tertiary/aromatic N) is 1. The molecule has 0 aliphatic heterocycles. The van der Waals surface area contributed by atoms with E-state index in [4.69, 9.17) is 18.8 Å². The highest BCUT2D eigenvalue weighted by Gasteiger charge is 2.13. The Morgan fingerprint density at radius 3 is 2.62 bits per heavy atom. The fourth-order valence-electron chi connectivity index (χ4n) is 3.61. The zero-order valence-corrected chi connectivity index (χ0v) is 19.7. The molecule has 0 radical (unpaired) electrons. The molecule has 3 aromatic rings. The molecule has 0 fully saturated rings. The van der Waals surface area contributed by atoms with Crippen LogP contribution in [0.3, 0.4) is 0 Å². The zero-order valence-electron chi connectivity index (χ0n) is 18.7. The third kappa shape index (κ3) is 7.72. The third-order valence-corrected chi connectivity index (χ3v) is 5.77. The van der Waals surface area contributed by atoms with Crippen LogP contribution in [0.15, 0.2) is 59.2 Å². The van der Waals surface area contributed by atoms with Crippen molar-refractivity contribution >= 4 is 8.25 Å². The maximum absolute atomic E-state index is 10.6. The monoisotopic (exact) mass is 456 g/mol. The van der Waals surface area contributed by atoms with Crippen LogP contribution in [0.4, 0.5) is 0 Å². The van der Waals surface area contributed by atoms with E-state index in [-0.39, 0.29) is 6.61 Å². The lowest BCUT2D eigenvalue weighted by molar-refractivity contribution is 0.276. The predicted molar refractivity (Wildman–Crippen MR) is 129 cm³/mol. The van der Waals surface area contributed by atoms with Gasteiger partial charge in [0.05, 0.1) is 18.6 Å². The number of hydrogen-bond donors (Lipinski definition) is 2. The molecule has 1 unspecified atom stereocenters. The maximum atomic E-state index is 10.6. The Morgan fingerprint density at radius 1 is 1.06 bits per heavy atom. The van der Waals surface area contributed by atoms with Crippen molar-refractivity contribution in [3.05, 3.63) is 66.1 Å². The number of aryl methyl sites for hydroxylation is 1. The van der Waals surface area contributed by atoms with Crippen LogP contribution < -0.4 is 5.32 Å². The Morgan fingerprint density at radius 2 is 1.91 bits per heavy atom. The Bertz CT molecular complexity index is 959. The van der Waals surface area contributed by atoms with Crippen molar-refractivity contribution in [1.29, 1.82) is 0 Å². The first-order chi connectivity index (χ1) is 15.7. The minimum Gasteiger partial charge on any atom is -0.463 e. The summed E-state index contributed by atoms with van der Waals surface area (Å²) in [6.45, 7) is 3.77. The van der Waals surface area contributed by atoms with E-state index in [0.717, 1.165) is 34.7 Å². The van der Waals surface area contributed by atoms with E-state index in [2.05, 4.69) is 42.6 Å². The van der Waals surface area contributed by atoms with Crippen molar-refractivity contribution in [2.24, 2.45) is 0 Å². The lowest BCUT2D eigenvalue weighted by atomic mass is 9.99. The van der Waals surface area contributed by atoms with Crippen molar-refractivity contribution in [2.45, 2.75) is 52.0 Å². The molecule has 32 heavy (non-hydrogen) atoms. The highest BCUT2D eigenvalue weighted by atomic mass is 31.1. The predicted octanol–water partition coefficient (Wildman–Crippen LogP) is 6.01. The second-order valence-electron chi connectivity index (χ2n) is 7.83. The van der Waals surface area contributed by atoms with Gasteiger partial charge in [0.2, 0.25) is 0 Å². The van der Waals surface area contributed by atoms with Gasteiger partial charge in [-0.1, -0.05) is 56.5 Å². The molecule has 0 saturated heterocycles. The van der Waals surface area contributed by atoms with Crippen LogP contribution in [0.25, 0.3) is 22.6 Å². The molecule has 0 spiro atoms. The molecule has 2 heterocycles. The van der Waals surface area contributed by atoms with Crippen LogP contribution in [0.1, 0.15) is 50.3 Å². The smallest absolute Gasteiger partial charge is 0.316 e. The van der Waals surface area contributed by atoms with E-state index in [9.17, 15) is 4.57 Å². The maximum Gasteiger partial charge on any atom is 0.316 e. The number of rotatable bonds is 14. The van der Waals surface area contributed by atoms with Gasteiger partial charge in [0.1, 0.15) is 5.69 Å². The number of nitrogens with one attached hydrogen (secondary N) is 1. The Hall–Kier alpha value is -2.24. The van der Waals surface area contributed by atoms with Gasteiger partial charge in [-0.25, -0.2) is 4.98 Å². The molecule has 2 N–H and O–H groups in total. The molecule has 2 aromatic heterocycles. The summed E-state index contributed by atoms with van der Waals surface area (Å²) in [6.07, 6.45) is 8.52. The topological polar surface area (TPSA) is 84.6 Å². The second-order valence-corrected chi connectivity index (χ2v) is 8.65. The van der Waals surface area contributed by atoms with Gasteiger partial charge in [-0.15, -0.1) is 0 Å². The first-order valence-corrected chi connectivity index (χ1v) is 12.6. The lowest BCUT2D eigenvalue weighted by Crippen LogP contribution is -2.17. The van der Waals surface area contributed by atoms with Crippen molar-refractivity contribution in [1.82, 2.24) is 10.3 Å². The molecule has 0 aliphatic carbocycles. The number of benzene rings is 1. The van der Waals surface area contributed by atoms with E-state index in [1.54, 1.807) is 6.26 Å². The summed E-state index contributed by atoms with van der Waals surface area (Å²) in [7, 11) is -2.85. The average molecular weight is 457 g/mol. The normalized spacial score (nSPS) is 12.2. The summed E-state index contributed by atoms with van der Waals surface area (Å²) >= 11 is 0. The van der Waals surface area contributed by atoms with E-state index in [1.807, 2.05) is 18.2 Å². The Labute approximate surface area is 191 Å². The number of furan rings is 1. The van der Waals surface area contributed by atoms with Crippen LogP contribution in [0.2, 0.25) is 0 Å². The van der Waals surface area contributed by atoms with Crippen molar-refractivity contribution in [2.75, 3.05) is 13.2 Å². The molecular weight excluding hydrogens is 423 g/mol. The standard InChI is InChI=1S/C25H33N2O4P/c1-2-3-4-5-8-20-10-12-21(13-11-20)23-15-14-22(19-26-16-7-18-31-32(28)29)27-25(23)24-9-6-17-30-24/h6,9-15,17,26,32H,2-5,7-8,16,18-19H2,1H3,(H,28,29). The average Bonchev–Trinajstić information content (AvgIpc) is 3.34. The quantitative estimate of drug-likeness (QED) is 0.228. The molecular formula is C25H33N2O4P. The highest BCUT2D eigenvalue weighted by Crippen LogP contribution is 2.31. The highest BCUT2D eigenvalue weighted by molar-refractivity contribution is 7.32. The van der Waals surface area contributed by atoms with E-state index < -0.39 is 8.25 Å². The van der Waals surface area contributed by atoms with Crippen molar-refractivity contribution in [3.8, 4) is 22.6 Å². The summed E-state index contributed by atoms with van der Waals surface area (Å²) in [4.78, 5) is 13.5. The summed E-state index contributed by atoms with van der Waals surface area (Å²) in [5.74, 6) is 0.743. The van der Waals surface area contributed by atoms with Gasteiger partial charge in [-0.2, -0.15) is 0 Å². The molecule has 7 heteroatoms. The minimum absolute atomic E-state index is 0.264. The number of unbranched alkanes of at least 4 members (excludes halogenated alkanes) is 3. The van der Waals surface area contributed by atoms with Crippen LogP contribution in [0, 0.1) is 0 Å². The number of aromatic nitrogens is 1. The molecule has 0 amide bonds. The fraction of sp³-hybridized carbons (Fsp3) is 0.400. The van der Waals surface area contributed by atoms with Crippen LogP contribution in [0.5, 0.6) is 0 Å². The SMILES string of the molecule is CCCCCCc1ccc(-c2ccc(CNCCCO[PH](=O)O)nc2-c2ccco2)cc1. The molecule has 1 atom stereocenters. The first-order valence-electron chi connectivity index (χ1n) is 11.4. The van der Waals surface area contributed by atoms with Gasteiger partial charge in [-0.05, 0) is 55.1 Å². The summed E-state index contributed by atoms with van der Waals surface area (Å²) in [6, 6.07) is 16.7. The number of pyridine rings is 1. The van der Waals surface area contributed by atoms with E-state index in [1.165, 1.54) is 31.2 Å². The van der Waals surface area contributed by atoms with Gasteiger partial charge in [0.25, 0.3) is 0 Å². The van der Waals surface area contributed by atoms with Gasteiger partial charge in [-0.3, -0.25) is 4.57 Å². The van der Waals surface area contributed by atoms with Gasteiger partial charge in [0, 0.05) is 12.1 Å². The van der Waals surface area contributed by atoms with Gasteiger partial charge >= 0.3 is 8.25 Å². The van der Waals surface area contributed by atoms with Crippen LogP contribution in [-0.2, 0) is 22.1 Å². The molecule has 0 saturated carbocycles. The van der Waals surface area contributed by atoms with Crippen LogP contribution >= 0.6 is 8.25 Å². The van der Waals surface area contributed by atoms with Gasteiger partial charge in [0.15, 0.2) is 5.76 Å².